The molecular weight excluding hydrogens is 442 g/mol. The van der Waals surface area contributed by atoms with Gasteiger partial charge in [0.15, 0.2) is 0 Å². The highest BCUT2D eigenvalue weighted by atomic mass is 32.2. The number of carbonyl (C=O) groups is 1. The second-order valence-electron chi connectivity index (χ2n) is 7.75. The Labute approximate surface area is 192 Å². The van der Waals surface area contributed by atoms with Crippen molar-refractivity contribution in [2.75, 3.05) is 6.54 Å². The number of nitro groups is 1. The Kier molecular flexibility index (Phi) is 6.26. The van der Waals surface area contributed by atoms with Gasteiger partial charge in [-0.1, -0.05) is 55.5 Å². The van der Waals surface area contributed by atoms with Crippen molar-refractivity contribution in [2.24, 2.45) is 0 Å². The zero-order valence-electron chi connectivity index (χ0n) is 18.0. The van der Waals surface area contributed by atoms with Gasteiger partial charge >= 0.3 is 0 Å². The van der Waals surface area contributed by atoms with Crippen LogP contribution in [-0.4, -0.2) is 35.0 Å². The monoisotopic (exact) mass is 465 g/mol. The highest BCUT2D eigenvalue weighted by molar-refractivity contribution is 7.89. The van der Waals surface area contributed by atoms with Crippen molar-refractivity contribution in [3.63, 3.8) is 0 Å². The minimum Gasteiger partial charge on any atom is -0.318 e. The summed E-state index contributed by atoms with van der Waals surface area (Å²) in [4.78, 5) is 25.1. The maximum Gasteiger partial charge on any atom is 0.269 e. The summed E-state index contributed by atoms with van der Waals surface area (Å²) < 4.78 is 29.1. The Morgan fingerprint density at radius 3 is 2.24 bits per heavy atom. The molecule has 0 aromatic heterocycles. The van der Waals surface area contributed by atoms with Gasteiger partial charge in [-0.2, -0.15) is 4.31 Å². The lowest BCUT2D eigenvalue weighted by molar-refractivity contribution is -0.384. The van der Waals surface area contributed by atoms with E-state index in [1.54, 1.807) is 29.2 Å². The fraction of sp³-hybridized carbons (Fsp3) is 0.208. The highest BCUT2D eigenvalue weighted by Crippen LogP contribution is 2.40. The van der Waals surface area contributed by atoms with Gasteiger partial charge in [-0.3, -0.25) is 14.9 Å². The zero-order chi connectivity index (χ0) is 23.6. The average molecular weight is 466 g/mol. The van der Waals surface area contributed by atoms with E-state index in [4.69, 9.17) is 0 Å². The SMILES string of the molecule is CCCN1C(=O)c2ccccc2C1N(Cc1ccccc1)S(=O)(=O)c1ccc([N+](=O)[O-])cc1. The average Bonchev–Trinajstić information content (AvgIpc) is 3.10. The topological polar surface area (TPSA) is 101 Å². The van der Waals surface area contributed by atoms with Gasteiger partial charge in [-0.05, 0) is 30.2 Å². The molecule has 33 heavy (non-hydrogen) atoms. The third-order valence-corrected chi connectivity index (χ3v) is 7.41. The molecule has 9 heteroatoms. The molecule has 1 heterocycles. The van der Waals surface area contributed by atoms with E-state index in [0.717, 1.165) is 5.56 Å². The molecule has 1 amide bonds. The molecule has 0 saturated carbocycles. The Hall–Kier alpha value is -3.56. The first-order chi connectivity index (χ1) is 15.8. The van der Waals surface area contributed by atoms with Crippen molar-refractivity contribution in [2.45, 2.75) is 31.0 Å². The maximum atomic E-state index is 13.9. The maximum absolute atomic E-state index is 13.9. The molecule has 0 aliphatic carbocycles. The van der Waals surface area contributed by atoms with E-state index in [1.807, 2.05) is 37.3 Å². The van der Waals surface area contributed by atoms with Crippen LogP contribution in [0.4, 0.5) is 5.69 Å². The number of carbonyl (C=O) groups excluding carboxylic acids is 1. The zero-order valence-corrected chi connectivity index (χ0v) is 18.8. The van der Waals surface area contributed by atoms with E-state index in [0.29, 0.717) is 24.1 Å². The Morgan fingerprint density at radius 1 is 0.970 bits per heavy atom. The molecule has 3 aromatic carbocycles. The predicted octanol–water partition coefficient (Wildman–Crippen LogP) is 4.35. The molecule has 0 saturated heterocycles. The third-order valence-electron chi connectivity index (χ3n) is 5.60. The minimum absolute atomic E-state index is 0.0344. The van der Waals surface area contributed by atoms with Gasteiger partial charge in [-0.25, -0.2) is 8.42 Å². The molecule has 8 nitrogen and oxygen atoms in total. The standard InChI is InChI=1S/C24H23N3O5S/c1-2-16-25-23(21-10-6-7-11-22(21)24(25)28)26(17-18-8-4-3-5-9-18)33(31,32)20-14-12-19(13-15-20)27(29)30/h3-15,23H,2,16-17H2,1H3. The molecule has 1 unspecified atom stereocenters. The summed E-state index contributed by atoms with van der Waals surface area (Å²) in [5.74, 6) is -0.214. The summed E-state index contributed by atoms with van der Waals surface area (Å²) in [6, 6.07) is 21.0. The van der Waals surface area contributed by atoms with Gasteiger partial charge in [0.2, 0.25) is 10.0 Å². The molecule has 0 spiro atoms. The summed E-state index contributed by atoms with van der Waals surface area (Å²) in [5, 5.41) is 11.0. The first-order valence-electron chi connectivity index (χ1n) is 10.5. The summed E-state index contributed by atoms with van der Waals surface area (Å²) in [6.07, 6.45) is -0.165. The number of non-ortho nitro benzene ring substituents is 1. The van der Waals surface area contributed by atoms with Crippen LogP contribution in [0.25, 0.3) is 0 Å². The number of sulfonamides is 1. The van der Waals surface area contributed by atoms with Crippen molar-refractivity contribution >= 4 is 21.6 Å². The smallest absolute Gasteiger partial charge is 0.269 e. The normalized spacial score (nSPS) is 15.6. The largest absolute Gasteiger partial charge is 0.318 e. The minimum atomic E-state index is -4.13. The molecular formula is C24H23N3O5S. The van der Waals surface area contributed by atoms with E-state index in [2.05, 4.69) is 0 Å². The number of nitrogens with zero attached hydrogens (tertiary/aromatic N) is 3. The van der Waals surface area contributed by atoms with Gasteiger partial charge < -0.3 is 4.90 Å². The number of fused-ring (bicyclic) bond motifs is 1. The summed E-state index contributed by atoms with van der Waals surface area (Å²) in [6.45, 7) is 2.35. The van der Waals surface area contributed by atoms with Crippen LogP contribution < -0.4 is 0 Å². The molecule has 0 fully saturated rings. The fourth-order valence-corrected chi connectivity index (χ4v) is 5.63. The summed E-state index contributed by atoms with van der Waals surface area (Å²) >= 11 is 0. The van der Waals surface area contributed by atoms with Gasteiger partial charge in [-0.15, -0.1) is 0 Å². The number of amides is 1. The van der Waals surface area contributed by atoms with E-state index in [9.17, 15) is 23.3 Å². The Morgan fingerprint density at radius 2 is 1.61 bits per heavy atom. The highest BCUT2D eigenvalue weighted by Gasteiger charge is 2.44. The number of benzene rings is 3. The lowest BCUT2D eigenvalue weighted by Gasteiger charge is -2.35. The van der Waals surface area contributed by atoms with E-state index in [1.165, 1.54) is 28.6 Å². The van der Waals surface area contributed by atoms with Crippen LogP contribution >= 0.6 is 0 Å². The van der Waals surface area contributed by atoms with Crippen molar-refractivity contribution in [1.29, 1.82) is 0 Å². The van der Waals surface area contributed by atoms with Gasteiger partial charge in [0, 0.05) is 36.3 Å². The summed E-state index contributed by atoms with van der Waals surface area (Å²) in [7, 11) is -4.13. The van der Waals surface area contributed by atoms with Crippen molar-refractivity contribution in [3.8, 4) is 0 Å². The Balaban J connectivity index is 1.86. The molecule has 1 aliphatic rings. The molecule has 3 aromatic rings. The predicted molar refractivity (Wildman–Crippen MR) is 123 cm³/mol. The first kappa shape index (κ1) is 22.6. The second kappa shape index (κ2) is 9.13. The van der Waals surface area contributed by atoms with Gasteiger partial charge in [0.1, 0.15) is 6.17 Å². The molecule has 0 bridgehead atoms. The first-order valence-corrected chi connectivity index (χ1v) is 12.0. The molecule has 4 rings (SSSR count). The third kappa shape index (κ3) is 4.24. The molecule has 1 aliphatic heterocycles. The second-order valence-corrected chi connectivity index (χ2v) is 9.64. The molecule has 0 N–H and O–H groups in total. The number of nitro benzene ring substituents is 1. The lowest BCUT2D eigenvalue weighted by Crippen LogP contribution is -2.43. The van der Waals surface area contributed by atoms with Crippen LogP contribution in [0.5, 0.6) is 0 Å². The van der Waals surface area contributed by atoms with Crippen LogP contribution in [0, 0.1) is 10.1 Å². The summed E-state index contributed by atoms with van der Waals surface area (Å²) in [5.41, 5.74) is 1.67. The number of hydrogen-bond donors (Lipinski definition) is 0. The quantitative estimate of drug-likeness (QED) is 0.364. The van der Waals surface area contributed by atoms with E-state index in [-0.39, 0.29) is 23.0 Å². The molecule has 0 radical (unpaired) electrons. The fourth-order valence-electron chi connectivity index (χ4n) is 4.07. The van der Waals surface area contributed by atoms with Crippen LogP contribution in [0.2, 0.25) is 0 Å². The molecule has 170 valence electrons. The molecule has 1 atom stereocenters. The number of rotatable bonds is 8. The Bertz CT molecular complexity index is 1280. The lowest BCUT2D eigenvalue weighted by atomic mass is 10.1. The van der Waals surface area contributed by atoms with Crippen molar-refractivity contribution in [3.05, 3.63) is 106 Å². The van der Waals surface area contributed by atoms with Gasteiger partial charge in [0.25, 0.3) is 11.6 Å². The van der Waals surface area contributed by atoms with Crippen LogP contribution in [-0.2, 0) is 16.6 Å². The van der Waals surface area contributed by atoms with Crippen LogP contribution in [0.3, 0.4) is 0 Å². The van der Waals surface area contributed by atoms with Crippen LogP contribution in [0.15, 0.2) is 83.8 Å². The number of hydrogen-bond acceptors (Lipinski definition) is 5. The van der Waals surface area contributed by atoms with Gasteiger partial charge in [0.05, 0.1) is 9.82 Å². The van der Waals surface area contributed by atoms with E-state index < -0.39 is 21.1 Å². The van der Waals surface area contributed by atoms with Crippen molar-refractivity contribution in [1.82, 2.24) is 9.21 Å². The van der Waals surface area contributed by atoms with Crippen molar-refractivity contribution < 1.29 is 18.1 Å². The van der Waals surface area contributed by atoms with E-state index >= 15 is 0 Å². The van der Waals surface area contributed by atoms with Crippen LogP contribution in [0.1, 0.15) is 41.0 Å².